The van der Waals surface area contributed by atoms with Crippen molar-refractivity contribution in [2.75, 3.05) is 6.61 Å². The predicted molar refractivity (Wildman–Crippen MR) is 99.9 cm³/mol. The molecule has 0 aliphatic carbocycles. The Hall–Kier alpha value is -2.39. The fourth-order valence-electron chi connectivity index (χ4n) is 2.30. The summed E-state index contributed by atoms with van der Waals surface area (Å²) >= 11 is 0. The number of unbranched alkanes of at least 4 members (excludes halogenated alkanes) is 1. The molecule has 126 valence electrons. The molecule has 3 heteroatoms. The van der Waals surface area contributed by atoms with E-state index in [1.54, 1.807) is 6.08 Å². The number of rotatable bonds is 9. The van der Waals surface area contributed by atoms with Crippen LogP contribution in [-0.2, 0) is 0 Å². The molecule has 0 spiro atoms. The van der Waals surface area contributed by atoms with Crippen LogP contribution in [0.3, 0.4) is 0 Å². The highest BCUT2D eigenvalue weighted by Gasteiger charge is 2.00. The third-order valence-electron chi connectivity index (χ3n) is 3.61. The highest BCUT2D eigenvalue weighted by molar-refractivity contribution is 5.61. The van der Waals surface area contributed by atoms with Gasteiger partial charge in [0.25, 0.3) is 0 Å². The van der Waals surface area contributed by atoms with Gasteiger partial charge in [0, 0.05) is 11.8 Å². The van der Waals surface area contributed by atoms with Crippen molar-refractivity contribution < 1.29 is 9.84 Å². The fourth-order valence-corrected chi connectivity index (χ4v) is 2.30. The summed E-state index contributed by atoms with van der Waals surface area (Å²) < 4.78 is 5.48. The minimum Gasteiger partial charge on any atom is -0.490 e. The highest BCUT2D eigenvalue weighted by Crippen LogP contribution is 2.21. The molecule has 0 saturated carbocycles. The van der Waals surface area contributed by atoms with E-state index in [0.29, 0.717) is 6.61 Å². The molecule has 3 nitrogen and oxygen atoms in total. The molecule has 0 aliphatic heterocycles. The van der Waals surface area contributed by atoms with Gasteiger partial charge in [-0.2, -0.15) is 0 Å². The Balaban J connectivity index is 1.91. The first kappa shape index (κ1) is 18.0. The third kappa shape index (κ3) is 6.01. The maximum atomic E-state index is 9.22. The Morgan fingerprint density at radius 2 is 2.00 bits per heavy atom. The lowest BCUT2D eigenvalue weighted by atomic mass is 10.1. The Morgan fingerprint density at radius 1 is 1.21 bits per heavy atom. The average Bonchev–Trinajstić information content (AvgIpc) is 2.60. The number of hydrogen-bond acceptors (Lipinski definition) is 3. The van der Waals surface area contributed by atoms with Crippen molar-refractivity contribution in [2.45, 2.75) is 32.3 Å². The van der Waals surface area contributed by atoms with Crippen LogP contribution in [-0.4, -0.2) is 22.8 Å². The number of allylic oxidation sites excluding steroid dienone is 1. The summed E-state index contributed by atoms with van der Waals surface area (Å²) in [4.78, 5) is 4.52. The van der Waals surface area contributed by atoms with Gasteiger partial charge < -0.3 is 9.84 Å². The molecule has 1 N–H and O–H groups in total. The monoisotopic (exact) mass is 323 g/mol. The molecule has 0 bridgehead atoms. The van der Waals surface area contributed by atoms with Crippen LogP contribution in [0.25, 0.3) is 17.3 Å². The molecule has 2 rings (SSSR count). The number of pyridine rings is 1. The van der Waals surface area contributed by atoms with Gasteiger partial charge in [0.05, 0.1) is 11.8 Å². The van der Waals surface area contributed by atoms with Crippen molar-refractivity contribution >= 4 is 6.08 Å². The molecule has 0 radical (unpaired) electrons. The molecule has 0 amide bonds. The maximum absolute atomic E-state index is 9.22. The Labute approximate surface area is 144 Å². The number of aliphatic hydroxyl groups excluding tert-OH is 1. The molecule has 1 heterocycles. The second-order valence-electron chi connectivity index (χ2n) is 5.78. The van der Waals surface area contributed by atoms with E-state index in [1.165, 1.54) is 0 Å². The van der Waals surface area contributed by atoms with Crippen molar-refractivity contribution in [1.82, 2.24) is 4.98 Å². The number of aliphatic hydroxyl groups is 1. The van der Waals surface area contributed by atoms with Crippen LogP contribution in [0.1, 0.15) is 31.7 Å². The molecular weight excluding hydrogens is 298 g/mol. The van der Waals surface area contributed by atoms with Crippen LogP contribution in [0, 0.1) is 0 Å². The summed E-state index contributed by atoms with van der Waals surface area (Å²) in [5, 5.41) is 9.22. The van der Waals surface area contributed by atoms with Gasteiger partial charge in [0.15, 0.2) is 0 Å². The second kappa shape index (κ2) is 9.68. The van der Waals surface area contributed by atoms with E-state index in [4.69, 9.17) is 4.74 Å². The van der Waals surface area contributed by atoms with Gasteiger partial charge in [-0.25, -0.2) is 0 Å². The predicted octanol–water partition coefficient (Wildman–Crippen LogP) is 4.88. The van der Waals surface area contributed by atoms with Crippen LogP contribution >= 0.6 is 0 Å². The molecule has 0 aliphatic rings. The molecule has 24 heavy (non-hydrogen) atoms. The van der Waals surface area contributed by atoms with E-state index in [-0.39, 0.29) is 6.10 Å². The summed E-state index contributed by atoms with van der Waals surface area (Å²) in [6.45, 7) is 5.97. The van der Waals surface area contributed by atoms with Crippen LogP contribution < -0.4 is 4.74 Å². The minimum atomic E-state index is -0.215. The molecule has 0 saturated heterocycles. The first-order chi connectivity index (χ1) is 11.7. The van der Waals surface area contributed by atoms with Gasteiger partial charge in [0.2, 0.25) is 0 Å². The molecule has 1 unspecified atom stereocenters. The topological polar surface area (TPSA) is 42.4 Å². The molecule has 0 fully saturated rings. The lowest BCUT2D eigenvalue weighted by molar-refractivity contribution is 0.182. The van der Waals surface area contributed by atoms with Crippen LogP contribution in [0.4, 0.5) is 0 Å². The van der Waals surface area contributed by atoms with Crippen molar-refractivity contribution in [3.05, 3.63) is 66.9 Å². The Bertz CT molecular complexity index is 643. The SMILES string of the molecule is C=CCOc1ccc(-c2ccc(C=CCCCC(C)O)cn2)cc1. The van der Waals surface area contributed by atoms with Crippen LogP contribution in [0.2, 0.25) is 0 Å². The van der Waals surface area contributed by atoms with E-state index in [1.807, 2.05) is 43.5 Å². The van der Waals surface area contributed by atoms with Gasteiger partial charge in [-0.15, -0.1) is 0 Å². The highest BCUT2D eigenvalue weighted by atomic mass is 16.5. The lowest BCUT2D eigenvalue weighted by Gasteiger charge is -2.05. The maximum Gasteiger partial charge on any atom is 0.119 e. The summed E-state index contributed by atoms with van der Waals surface area (Å²) in [6, 6.07) is 12.0. The van der Waals surface area contributed by atoms with Crippen molar-refractivity contribution in [3.8, 4) is 17.0 Å². The number of hydrogen-bond donors (Lipinski definition) is 1. The zero-order valence-corrected chi connectivity index (χ0v) is 14.2. The van der Waals surface area contributed by atoms with Crippen molar-refractivity contribution in [2.24, 2.45) is 0 Å². The first-order valence-corrected chi connectivity index (χ1v) is 8.34. The van der Waals surface area contributed by atoms with Gasteiger partial charge >= 0.3 is 0 Å². The number of ether oxygens (including phenoxy) is 1. The molecule has 1 atom stereocenters. The van der Waals surface area contributed by atoms with E-state index < -0.39 is 0 Å². The van der Waals surface area contributed by atoms with E-state index in [2.05, 4.69) is 29.8 Å². The zero-order valence-electron chi connectivity index (χ0n) is 14.2. The van der Waals surface area contributed by atoms with Crippen molar-refractivity contribution in [3.63, 3.8) is 0 Å². The summed E-state index contributed by atoms with van der Waals surface area (Å²) in [5.74, 6) is 0.829. The fraction of sp³-hybridized carbons (Fsp3) is 0.286. The summed E-state index contributed by atoms with van der Waals surface area (Å²) in [6.07, 6.45) is 10.4. The van der Waals surface area contributed by atoms with Crippen molar-refractivity contribution in [1.29, 1.82) is 0 Å². The summed E-state index contributed by atoms with van der Waals surface area (Å²) in [7, 11) is 0. The van der Waals surface area contributed by atoms with Gasteiger partial charge in [-0.05, 0) is 62.1 Å². The van der Waals surface area contributed by atoms with Crippen LogP contribution in [0.15, 0.2) is 61.3 Å². The second-order valence-corrected chi connectivity index (χ2v) is 5.78. The molecule has 1 aromatic carbocycles. The van der Waals surface area contributed by atoms with Crippen LogP contribution in [0.5, 0.6) is 5.75 Å². The standard InChI is InChI=1S/C21H25NO2/c1-3-15-24-20-12-10-19(11-13-20)21-14-9-18(16-22-21)8-6-4-5-7-17(2)23/h3,6,8-14,16-17,23H,1,4-5,7,15H2,2H3. The smallest absolute Gasteiger partial charge is 0.119 e. The summed E-state index contributed by atoms with van der Waals surface area (Å²) in [5.41, 5.74) is 3.09. The first-order valence-electron chi connectivity index (χ1n) is 8.34. The Morgan fingerprint density at radius 3 is 2.62 bits per heavy atom. The zero-order chi connectivity index (χ0) is 17.2. The van der Waals surface area contributed by atoms with Gasteiger partial charge in [-0.1, -0.05) is 30.9 Å². The number of benzene rings is 1. The largest absolute Gasteiger partial charge is 0.490 e. The molecular formula is C21H25NO2. The number of nitrogens with zero attached hydrogens (tertiary/aromatic N) is 1. The molecule has 1 aromatic heterocycles. The number of aromatic nitrogens is 1. The van der Waals surface area contributed by atoms with E-state index in [9.17, 15) is 5.11 Å². The van der Waals surface area contributed by atoms with Gasteiger partial charge in [-0.3, -0.25) is 4.98 Å². The quantitative estimate of drug-likeness (QED) is 0.528. The average molecular weight is 323 g/mol. The third-order valence-corrected chi connectivity index (χ3v) is 3.61. The van der Waals surface area contributed by atoms with Gasteiger partial charge in [0.1, 0.15) is 12.4 Å². The van der Waals surface area contributed by atoms with E-state index >= 15 is 0 Å². The lowest BCUT2D eigenvalue weighted by Crippen LogP contribution is -1.97. The molecule has 2 aromatic rings. The normalized spacial score (nSPS) is 12.2. The van der Waals surface area contributed by atoms with E-state index in [0.717, 1.165) is 41.8 Å². The minimum absolute atomic E-state index is 0.215. The Kier molecular flexibility index (Phi) is 7.24.